The number of thiazole rings is 1. The van der Waals surface area contributed by atoms with Crippen molar-refractivity contribution in [3.63, 3.8) is 0 Å². The Morgan fingerprint density at radius 1 is 1.17 bits per heavy atom. The number of aromatic nitrogens is 1. The van der Waals surface area contributed by atoms with Gasteiger partial charge >= 0.3 is 5.97 Å². The number of aliphatic hydroxyl groups excluding tert-OH is 1. The minimum Gasteiger partial charge on any atom is -0.490 e. The molecule has 4 N–H and O–H groups in total. The molecule has 1 aromatic heterocycles. The predicted molar refractivity (Wildman–Crippen MR) is 173 cm³/mol. The van der Waals surface area contributed by atoms with Gasteiger partial charge in [0.25, 0.3) is 5.91 Å². The number of hydrogen-bond donors (Lipinski definition) is 4. The van der Waals surface area contributed by atoms with Gasteiger partial charge in [-0.15, -0.1) is 11.3 Å². The van der Waals surface area contributed by atoms with Crippen molar-refractivity contribution in [3.05, 3.63) is 35.0 Å². The van der Waals surface area contributed by atoms with E-state index < -0.39 is 53.0 Å². The van der Waals surface area contributed by atoms with Gasteiger partial charge in [-0.1, -0.05) is 32.9 Å². The molecule has 3 amide bonds. The number of hydrogen-bond acceptors (Lipinski definition) is 8. The van der Waals surface area contributed by atoms with Gasteiger partial charge in [0.05, 0.1) is 34.2 Å². The maximum Gasteiger partial charge on any atom is 0.306 e. The van der Waals surface area contributed by atoms with Crippen LogP contribution in [0, 0.1) is 18.3 Å². The van der Waals surface area contributed by atoms with E-state index in [1.807, 2.05) is 25.1 Å². The van der Waals surface area contributed by atoms with Crippen molar-refractivity contribution in [3.8, 4) is 16.2 Å². The molecular formula is C34H45FN4O7S. The van der Waals surface area contributed by atoms with Gasteiger partial charge in [-0.3, -0.25) is 19.2 Å². The summed E-state index contributed by atoms with van der Waals surface area (Å²) in [5.41, 5.74) is 1.54. The number of rotatable bonds is 10. The van der Waals surface area contributed by atoms with Crippen LogP contribution in [0.2, 0.25) is 0 Å². The highest BCUT2D eigenvalue weighted by molar-refractivity contribution is 7.13. The Balaban J connectivity index is 1.32. The zero-order valence-electron chi connectivity index (χ0n) is 27.4. The van der Waals surface area contributed by atoms with E-state index in [-0.39, 0.29) is 44.4 Å². The molecule has 2 heterocycles. The van der Waals surface area contributed by atoms with Gasteiger partial charge in [-0.25, -0.2) is 9.37 Å². The lowest BCUT2D eigenvalue weighted by Crippen LogP contribution is -2.59. The maximum atomic E-state index is 14.5. The lowest BCUT2D eigenvalue weighted by Gasteiger charge is -2.35. The smallest absolute Gasteiger partial charge is 0.306 e. The number of aliphatic carboxylic acids is 1. The van der Waals surface area contributed by atoms with E-state index in [4.69, 9.17) is 4.74 Å². The first kappa shape index (κ1) is 34.7. The largest absolute Gasteiger partial charge is 0.490 e. The molecule has 1 aliphatic heterocycles. The van der Waals surface area contributed by atoms with Crippen molar-refractivity contribution in [2.75, 3.05) is 6.54 Å². The number of alkyl halides is 1. The number of β-amino-alcohol motifs (C(OH)–C–C–N with tert-alkyl or cyclic N) is 1. The summed E-state index contributed by atoms with van der Waals surface area (Å²) in [6.45, 7) is 7.19. The number of benzene rings is 1. The number of aliphatic hydroxyl groups is 1. The fourth-order valence-corrected chi connectivity index (χ4v) is 7.16. The molecule has 0 spiro atoms. The molecule has 2 unspecified atom stereocenters. The Kier molecular flexibility index (Phi) is 10.3. The average Bonchev–Trinajstić information content (AvgIpc) is 3.53. The number of ether oxygens (including phenoxy) is 1. The second kappa shape index (κ2) is 13.9. The molecule has 2 aromatic rings. The second-order valence-electron chi connectivity index (χ2n) is 14.2. The number of carbonyl (C=O) groups excluding carboxylic acids is 3. The van der Waals surface area contributed by atoms with Crippen LogP contribution < -0.4 is 15.4 Å². The fraction of sp³-hybridized carbons (Fsp3) is 0.618. The van der Waals surface area contributed by atoms with E-state index in [0.717, 1.165) is 22.6 Å². The highest BCUT2D eigenvalue weighted by atomic mass is 32.1. The maximum absolute atomic E-state index is 14.5. The number of carboxylic acid groups (broad SMARTS) is 1. The zero-order chi connectivity index (χ0) is 34.1. The average molecular weight is 673 g/mol. The molecule has 13 heteroatoms. The monoisotopic (exact) mass is 672 g/mol. The minimum atomic E-state index is -1.96. The normalized spacial score (nSPS) is 24.6. The first-order valence-corrected chi connectivity index (χ1v) is 17.2. The molecule has 0 bridgehead atoms. The number of carbonyl (C=O) groups is 4. The first-order chi connectivity index (χ1) is 22.2. The summed E-state index contributed by atoms with van der Waals surface area (Å²) in [5.74, 6) is -2.45. The van der Waals surface area contributed by atoms with E-state index >= 15 is 0 Å². The van der Waals surface area contributed by atoms with Crippen LogP contribution in [0.4, 0.5) is 4.39 Å². The summed E-state index contributed by atoms with van der Waals surface area (Å²) in [6, 6.07) is 3.66. The molecular weight excluding hydrogens is 627 g/mol. The molecule has 256 valence electrons. The summed E-state index contributed by atoms with van der Waals surface area (Å²) < 4.78 is 21.0. The number of amides is 3. The van der Waals surface area contributed by atoms with Gasteiger partial charge in [-0.05, 0) is 68.9 Å². The van der Waals surface area contributed by atoms with Gasteiger partial charge in [0, 0.05) is 25.1 Å². The molecule has 0 radical (unpaired) electrons. The van der Waals surface area contributed by atoms with Crippen molar-refractivity contribution in [2.45, 2.75) is 116 Å². The molecule has 2 saturated carbocycles. The molecule has 5 atom stereocenters. The second-order valence-corrected chi connectivity index (χ2v) is 15.1. The SMILES string of the molecule is Cc1ncsc1-c1ccc(CNC(=O)[C@@H]2C[C@@H](O)CN2C(=O)[C@@H](NC(=O)C2(F)CC2)C(C)(C)C)c(OC2CCCC(C(=O)O)CC2)c1. The van der Waals surface area contributed by atoms with Gasteiger partial charge in [0.15, 0.2) is 5.67 Å². The van der Waals surface area contributed by atoms with Crippen LogP contribution in [-0.4, -0.2) is 80.3 Å². The molecule has 2 aliphatic carbocycles. The third kappa shape index (κ3) is 8.11. The molecule has 5 rings (SSSR count). The predicted octanol–water partition coefficient (Wildman–Crippen LogP) is 4.14. The van der Waals surface area contributed by atoms with Gasteiger partial charge < -0.3 is 30.5 Å². The summed E-state index contributed by atoms with van der Waals surface area (Å²) in [7, 11) is 0. The van der Waals surface area contributed by atoms with Crippen molar-refractivity contribution >= 4 is 35.0 Å². The fourth-order valence-electron chi connectivity index (χ4n) is 6.36. The van der Waals surface area contributed by atoms with E-state index in [1.165, 1.54) is 16.2 Å². The topological polar surface area (TPSA) is 158 Å². The van der Waals surface area contributed by atoms with Crippen LogP contribution in [-0.2, 0) is 25.7 Å². The van der Waals surface area contributed by atoms with Crippen molar-refractivity contribution in [1.29, 1.82) is 0 Å². The number of carboxylic acids is 1. The molecule has 11 nitrogen and oxygen atoms in total. The Labute approximate surface area is 278 Å². The number of nitrogens with one attached hydrogen (secondary N) is 2. The Morgan fingerprint density at radius 2 is 1.91 bits per heavy atom. The Hall–Kier alpha value is -3.58. The Morgan fingerprint density at radius 3 is 2.55 bits per heavy atom. The van der Waals surface area contributed by atoms with E-state index in [2.05, 4.69) is 15.6 Å². The van der Waals surface area contributed by atoms with Gasteiger partial charge in [0.1, 0.15) is 17.8 Å². The van der Waals surface area contributed by atoms with Crippen LogP contribution in [0.25, 0.3) is 10.4 Å². The number of aryl methyl sites for hydroxylation is 1. The summed E-state index contributed by atoms with van der Waals surface area (Å²) in [6.07, 6.45) is 2.29. The van der Waals surface area contributed by atoms with Crippen LogP contribution in [0.15, 0.2) is 23.7 Å². The van der Waals surface area contributed by atoms with Crippen LogP contribution in [0.3, 0.4) is 0 Å². The molecule has 3 aliphatic rings. The van der Waals surface area contributed by atoms with Gasteiger partial charge in [-0.2, -0.15) is 0 Å². The standard InChI is InChI=1S/C34H45FN4O7S/c1-19-27(47-18-37-19)21-8-9-22(26(14-21)46-24-7-5-6-20(10-11-24)31(43)44)16-36-29(41)25-15-23(40)17-39(25)30(42)28(33(2,3)4)38-32(45)34(35)12-13-34/h8-9,14,18,20,23-25,28,40H,5-7,10-13,15-17H2,1-4H3,(H,36,41)(H,38,45)(H,43,44)/t20?,23-,24?,25+,28-/m1/s1. The molecule has 1 aromatic carbocycles. The number of nitrogens with zero attached hydrogens (tertiary/aromatic N) is 2. The summed E-state index contributed by atoms with van der Waals surface area (Å²) >= 11 is 1.51. The lowest BCUT2D eigenvalue weighted by molar-refractivity contribution is -0.145. The van der Waals surface area contributed by atoms with Crippen LogP contribution in [0.1, 0.15) is 83.4 Å². The van der Waals surface area contributed by atoms with E-state index in [1.54, 1.807) is 26.3 Å². The quantitative estimate of drug-likeness (QED) is 0.274. The third-order valence-electron chi connectivity index (χ3n) is 9.44. The van der Waals surface area contributed by atoms with Crippen LogP contribution in [0.5, 0.6) is 5.75 Å². The third-order valence-corrected chi connectivity index (χ3v) is 10.4. The Bertz CT molecular complexity index is 1500. The first-order valence-electron chi connectivity index (χ1n) is 16.4. The highest BCUT2D eigenvalue weighted by Crippen LogP contribution is 2.40. The van der Waals surface area contributed by atoms with Gasteiger partial charge in [0.2, 0.25) is 11.8 Å². The van der Waals surface area contributed by atoms with Crippen molar-refractivity contribution in [2.24, 2.45) is 11.3 Å². The van der Waals surface area contributed by atoms with Crippen molar-refractivity contribution in [1.82, 2.24) is 20.5 Å². The van der Waals surface area contributed by atoms with E-state index in [0.29, 0.717) is 37.0 Å². The highest BCUT2D eigenvalue weighted by Gasteiger charge is 2.53. The number of likely N-dealkylation sites (tertiary alicyclic amines) is 1. The molecule has 47 heavy (non-hydrogen) atoms. The minimum absolute atomic E-state index is 0.0230. The summed E-state index contributed by atoms with van der Waals surface area (Å²) in [5, 5.41) is 25.5. The lowest BCUT2D eigenvalue weighted by atomic mass is 9.85. The molecule has 3 fully saturated rings. The zero-order valence-corrected chi connectivity index (χ0v) is 28.2. The number of halogens is 1. The molecule has 1 saturated heterocycles. The summed E-state index contributed by atoms with van der Waals surface area (Å²) in [4.78, 5) is 58.2. The van der Waals surface area contributed by atoms with Crippen molar-refractivity contribution < 1.29 is 38.5 Å². The van der Waals surface area contributed by atoms with E-state index in [9.17, 15) is 33.8 Å². The van der Waals surface area contributed by atoms with Crippen LogP contribution >= 0.6 is 11.3 Å².